The SMILES string of the molecule is Cc1nc2c(F)c(Oc3ccc4cnc(-c5cnn(C(C)(C)CO)c5)nc4c3Cl)ccc2[nH]1. The molecule has 3 heterocycles. The molecule has 2 N–H and O–H groups in total. The number of imidazole rings is 1. The van der Waals surface area contributed by atoms with Crippen LogP contribution in [0.25, 0.3) is 33.3 Å². The Morgan fingerprint density at radius 1 is 1.12 bits per heavy atom. The average Bonchev–Trinajstić information content (AvgIpc) is 3.45. The van der Waals surface area contributed by atoms with Gasteiger partial charge in [-0.3, -0.25) is 4.68 Å². The van der Waals surface area contributed by atoms with Crippen LogP contribution in [0.4, 0.5) is 4.39 Å². The highest BCUT2D eigenvalue weighted by Gasteiger charge is 2.21. The van der Waals surface area contributed by atoms with Crippen molar-refractivity contribution in [1.29, 1.82) is 0 Å². The number of aromatic amines is 1. The maximum Gasteiger partial charge on any atom is 0.193 e. The Morgan fingerprint density at radius 3 is 2.70 bits per heavy atom. The summed E-state index contributed by atoms with van der Waals surface area (Å²) in [6.45, 7) is 5.42. The molecule has 0 aliphatic carbocycles. The van der Waals surface area contributed by atoms with Crippen molar-refractivity contribution in [2.45, 2.75) is 26.3 Å². The maximum atomic E-state index is 14.9. The van der Waals surface area contributed by atoms with Gasteiger partial charge in [0.25, 0.3) is 0 Å². The van der Waals surface area contributed by atoms with E-state index in [1.54, 1.807) is 48.4 Å². The zero-order chi connectivity index (χ0) is 23.3. The Balaban J connectivity index is 1.53. The number of fused-ring (bicyclic) bond motifs is 2. The van der Waals surface area contributed by atoms with Crippen LogP contribution in [0, 0.1) is 12.7 Å². The molecule has 0 fully saturated rings. The van der Waals surface area contributed by atoms with E-state index in [9.17, 15) is 9.50 Å². The number of aryl methyl sites for hydroxylation is 1. The van der Waals surface area contributed by atoms with Gasteiger partial charge in [0.05, 0.1) is 34.9 Å². The number of rotatable bonds is 5. The van der Waals surface area contributed by atoms with Crippen LogP contribution in [-0.2, 0) is 5.54 Å². The summed E-state index contributed by atoms with van der Waals surface area (Å²) < 4.78 is 22.4. The Kier molecular flexibility index (Phi) is 5.02. The van der Waals surface area contributed by atoms with E-state index in [1.807, 2.05) is 13.8 Å². The quantitative estimate of drug-likeness (QED) is 0.378. The molecule has 168 valence electrons. The Labute approximate surface area is 193 Å². The molecule has 5 aromatic rings. The molecular weight excluding hydrogens is 447 g/mol. The molecule has 5 rings (SSSR count). The smallest absolute Gasteiger partial charge is 0.193 e. The van der Waals surface area contributed by atoms with Crippen LogP contribution in [0.2, 0.25) is 5.02 Å². The van der Waals surface area contributed by atoms with Gasteiger partial charge in [-0.25, -0.2) is 19.3 Å². The van der Waals surface area contributed by atoms with Crippen LogP contribution >= 0.6 is 11.6 Å². The van der Waals surface area contributed by atoms with Gasteiger partial charge in [0.2, 0.25) is 0 Å². The predicted molar refractivity (Wildman–Crippen MR) is 123 cm³/mol. The van der Waals surface area contributed by atoms with Crippen LogP contribution in [-0.4, -0.2) is 41.4 Å². The lowest BCUT2D eigenvalue weighted by atomic mass is 10.1. The van der Waals surface area contributed by atoms with Gasteiger partial charge in [-0.15, -0.1) is 0 Å². The van der Waals surface area contributed by atoms with Crippen molar-refractivity contribution >= 4 is 33.5 Å². The van der Waals surface area contributed by atoms with E-state index < -0.39 is 11.4 Å². The van der Waals surface area contributed by atoms with E-state index in [0.29, 0.717) is 33.6 Å². The molecular formula is C23H20ClFN6O2. The van der Waals surface area contributed by atoms with E-state index in [2.05, 4.69) is 25.0 Å². The summed E-state index contributed by atoms with van der Waals surface area (Å²) in [5.74, 6) is 0.727. The first-order valence-corrected chi connectivity index (χ1v) is 10.6. The van der Waals surface area contributed by atoms with Crippen molar-refractivity contribution in [2.24, 2.45) is 0 Å². The Hall–Kier alpha value is -3.56. The number of hydrogen-bond donors (Lipinski definition) is 2. The van der Waals surface area contributed by atoms with Gasteiger partial charge < -0.3 is 14.8 Å². The van der Waals surface area contributed by atoms with Crippen molar-refractivity contribution in [3.05, 3.63) is 59.5 Å². The molecule has 0 saturated heterocycles. The van der Waals surface area contributed by atoms with Crippen molar-refractivity contribution in [3.8, 4) is 22.9 Å². The third-order valence-electron chi connectivity index (χ3n) is 5.40. The van der Waals surface area contributed by atoms with Crippen LogP contribution in [0.15, 0.2) is 42.9 Å². The summed E-state index contributed by atoms with van der Waals surface area (Å²) in [5, 5.41) is 14.8. The fourth-order valence-electron chi connectivity index (χ4n) is 3.45. The van der Waals surface area contributed by atoms with Crippen molar-refractivity contribution in [3.63, 3.8) is 0 Å². The van der Waals surface area contributed by atoms with Crippen LogP contribution in [0.1, 0.15) is 19.7 Å². The highest BCUT2D eigenvalue weighted by molar-refractivity contribution is 6.36. The predicted octanol–water partition coefficient (Wildman–Crippen LogP) is 4.99. The van der Waals surface area contributed by atoms with Gasteiger partial charge in [-0.05, 0) is 45.0 Å². The topological polar surface area (TPSA) is 102 Å². The molecule has 33 heavy (non-hydrogen) atoms. The summed E-state index contributed by atoms with van der Waals surface area (Å²) in [7, 11) is 0. The number of halogens is 2. The number of H-pyrrole nitrogens is 1. The van der Waals surface area contributed by atoms with E-state index >= 15 is 0 Å². The minimum atomic E-state index is -0.574. The van der Waals surface area contributed by atoms with E-state index in [1.165, 1.54) is 6.07 Å². The van der Waals surface area contributed by atoms with Gasteiger partial charge in [0.1, 0.15) is 22.1 Å². The lowest BCUT2D eigenvalue weighted by molar-refractivity contribution is 0.152. The lowest BCUT2D eigenvalue weighted by Crippen LogP contribution is -2.30. The molecule has 10 heteroatoms. The average molecular weight is 467 g/mol. The second-order valence-electron chi connectivity index (χ2n) is 8.35. The molecule has 0 unspecified atom stereocenters. The third kappa shape index (κ3) is 3.69. The molecule has 2 aromatic carbocycles. The summed E-state index contributed by atoms with van der Waals surface area (Å²) in [6.07, 6.45) is 5.05. The Bertz CT molecular complexity index is 1510. The van der Waals surface area contributed by atoms with E-state index in [0.717, 1.165) is 0 Å². The first-order chi connectivity index (χ1) is 15.8. The summed E-state index contributed by atoms with van der Waals surface area (Å²) in [6, 6.07) is 6.63. The molecule has 0 bridgehead atoms. The highest BCUT2D eigenvalue weighted by Crippen LogP contribution is 2.37. The molecule has 0 spiro atoms. The molecule has 0 aliphatic heterocycles. The Morgan fingerprint density at radius 2 is 1.91 bits per heavy atom. The van der Waals surface area contributed by atoms with Crippen LogP contribution in [0.3, 0.4) is 0 Å². The number of ether oxygens (including phenoxy) is 1. The van der Waals surface area contributed by atoms with Crippen molar-refractivity contribution in [1.82, 2.24) is 29.7 Å². The van der Waals surface area contributed by atoms with Gasteiger partial charge in [-0.1, -0.05) is 11.6 Å². The monoisotopic (exact) mass is 466 g/mol. The van der Waals surface area contributed by atoms with Gasteiger partial charge in [0, 0.05) is 17.8 Å². The van der Waals surface area contributed by atoms with Crippen LogP contribution in [0.5, 0.6) is 11.5 Å². The summed E-state index contributed by atoms with van der Waals surface area (Å²) in [5.41, 5.74) is 1.36. The third-order valence-corrected chi connectivity index (χ3v) is 5.76. The largest absolute Gasteiger partial charge is 0.453 e. The second-order valence-corrected chi connectivity index (χ2v) is 8.73. The van der Waals surface area contributed by atoms with E-state index in [-0.39, 0.29) is 28.6 Å². The second kappa shape index (κ2) is 7.79. The van der Waals surface area contributed by atoms with Gasteiger partial charge >= 0.3 is 0 Å². The number of nitrogens with one attached hydrogen (secondary N) is 1. The maximum absolute atomic E-state index is 14.9. The van der Waals surface area contributed by atoms with E-state index in [4.69, 9.17) is 16.3 Å². The lowest BCUT2D eigenvalue weighted by Gasteiger charge is -2.21. The van der Waals surface area contributed by atoms with Crippen molar-refractivity contribution < 1.29 is 14.2 Å². The molecule has 0 atom stereocenters. The number of aliphatic hydroxyl groups excluding tert-OH is 1. The van der Waals surface area contributed by atoms with Crippen LogP contribution < -0.4 is 4.74 Å². The van der Waals surface area contributed by atoms with Gasteiger partial charge in [0.15, 0.2) is 17.4 Å². The fraction of sp³-hybridized carbons (Fsp3) is 0.217. The molecule has 0 aliphatic rings. The summed E-state index contributed by atoms with van der Waals surface area (Å²) >= 11 is 6.61. The highest BCUT2D eigenvalue weighted by atomic mass is 35.5. The number of hydrogen-bond acceptors (Lipinski definition) is 6. The number of aliphatic hydroxyl groups is 1. The van der Waals surface area contributed by atoms with Crippen molar-refractivity contribution in [2.75, 3.05) is 6.61 Å². The normalized spacial score (nSPS) is 12.1. The first kappa shape index (κ1) is 21.3. The fourth-order valence-corrected chi connectivity index (χ4v) is 3.70. The standard InChI is InChI=1S/C23H20ClFN6O2/c1-12-28-15-5-7-17(19(25)21(15)29-12)33-16-6-4-13-8-26-22(30-20(13)18(16)24)14-9-27-31(10-14)23(2,3)11-32/h4-10,32H,11H2,1-3H3,(H,28,29). The number of nitrogens with zero attached hydrogens (tertiary/aromatic N) is 5. The first-order valence-electron chi connectivity index (χ1n) is 10.2. The zero-order valence-electron chi connectivity index (χ0n) is 18.1. The molecule has 0 radical (unpaired) electrons. The minimum absolute atomic E-state index is 0.0111. The minimum Gasteiger partial charge on any atom is -0.453 e. The molecule has 0 amide bonds. The number of benzene rings is 2. The summed E-state index contributed by atoms with van der Waals surface area (Å²) in [4.78, 5) is 16.2. The zero-order valence-corrected chi connectivity index (χ0v) is 18.9. The number of aromatic nitrogens is 6. The molecule has 8 nitrogen and oxygen atoms in total. The van der Waals surface area contributed by atoms with Gasteiger partial charge in [-0.2, -0.15) is 5.10 Å². The molecule has 3 aromatic heterocycles. The molecule has 0 saturated carbocycles.